The van der Waals surface area contributed by atoms with Crippen LogP contribution in [0.15, 0.2) is 24.4 Å². The highest BCUT2D eigenvalue weighted by Gasteiger charge is 2.20. The SMILES string of the molecule is Cc1cc(F)c(N[C@H]2CNC[C@@H](C)C2)c2cccnc12. The molecule has 0 bridgehead atoms. The number of hydrogen-bond acceptors (Lipinski definition) is 3. The molecule has 3 nitrogen and oxygen atoms in total. The molecule has 106 valence electrons. The summed E-state index contributed by atoms with van der Waals surface area (Å²) in [4.78, 5) is 4.37. The molecular weight excluding hydrogens is 253 g/mol. The van der Waals surface area contributed by atoms with E-state index in [1.54, 1.807) is 12.3 Å². The molecule has 2 heterocycles. The first kappa shape index (κ1) is 13.3. The molecule has 2 aromatic rings. The average molecular weight is 273 g/mol. The summed E-state index contributed by atoms with van der Waals surface area (Å²) in [5.41, 5.74) is 2.33. The van der Waals surface area contributed by atoms with Gasteiger partial charge in [0.1, 0.15) is 5.82 Å². The minimum atomic E-state index is -0.193. The Kier molecular flexibility index (Phi) is 3.57. The molecule has 2 atom stereocenters. The van der Waals surface area contributed by atoms with Gasteiger partial charge in [-0.05, 0) is 49.6 Å². The molecule has 0 unspecified atom stereocenters. The second-order valence-electron chi connectivity index (χ2n) is 5.79. The van der Waals surface area contributed by atoms with Gasteiger partial charge in [-0.25, -0.2) is 4.39 Å². The van der Waals surface area contributed by atoms with Gasteiger partial charge in [-0.15, -0.1) is 0 Å². The molecule has 1 fully saturated rings. The lowest BCUT2D eigenvalue weighted by molar-refractivity contribution is 0.377. The smallest absolute Gasteiger partial charge is 0.147 e. The Morgan fingerprint density at radius 3 is 3.05 bits per heavy atom. The van der Waals surface area contributed by atoms with Crippen LogP contribution in [0, 0.1) is 18.7 Å². The Bertz CT molecular complexity index is 626. The quantitative estimate of drug-likeness (QED) is 0.883. The third-order valence-electron chi connectivity index (χ3n) is 3.95. The van der Waals surface area contributed by atoms with Crippen molar-refractivity contribution in [3.8, 4) is 0 Å². The molecule has 1 aromatic carbocycles. The van der Waals surface area contributed by atoms with Gasteiger partial charge in [0.05, 0.1) is 11.2 Å². The molecule has 0 amide bonds. The van der Waals surface area contributed by atoms with E-state index in [1.807, 2.05) is 19.1 Å². The van der Waals surface area contributed by atoms with Crippen LogP contribution in [0.4, 0.5) is 10.1 Å². The largest absolute Gasteiger partial charge is 0.378 e. The zero-order chi connectivity index (χ0) is 14.1. The van der Waals surface area contributed by atoms with Gasteiger partial charge in [-0.2, -0.15) is 0 Å². The van der Waals surface area contributed by atoms with Gasteiger partial charge in [0.15, 0.2) is 0 Å². The fourth-order valence-corrected chi connectivity index (χ4v) is 3.00. The predicted octanol–water partition coefficient (Wildman–Crippen LogP) is 3.09. The van der Waals surface area contributed by atoms with Gasteiger partial charge >= 0.3 is 0 Å². The van der Waals surface area contributed by atoms with Crippen LogP contribution < -0.4 is 10.6 Å². The lowest BCUT2D eigenvalue weighted by Crippen LogP contribution is -2.42. The number of pyridine rings is 1. The van der Waals surface area contributed by atoms with Crippen molar-refractivity contribution in [2.75, 3.05) is 18.4 Å². The van der Waals surface area contributed by atoms with Crippen molar-refractivity contribution in [3.05, 3.63) is 35.8 Å². The third-order valence-corrected chi connectivity index (χ3v) is 3.95. The van der Waals surface area contributed by atoms with Crippen LogP contribution in [-0.2, 0) is 0 Å². The standard InChI is InChI=1S/C16H20FN3/c1-10-6-12(9-18-8-10)20-16-13-4-3-5-19-15(13)11(2)7-14(16)17/h3-5,7,10,12,18,20H,6,8-9H2,1-2H3/t10-,12+/m0/s1. The zero-order valence-corrected chi connectivity index (χ0v) is 11.9. The first-order valence-corrected chi connectivity index (χ1v) is 7.16. The van der Waals surface area contributed by atoms with Gasteiger partial charge < -0.3 is 10.6 Å². The van der Waals surface area contributed by atoms with Crippen molar-refractivity contribution in [1.82, 2.24) is 10.3 Å². The molecule has 0 aliphatic carbocycles. The highest BCUT2D eigenvalue weighted by molar-refractivity contribution is 5.93. The minimum Gasteiger partial charge on any atom is -0.378 e. The number of fused-ring (bicyclic) bond motifs is 1. The van der Waals surface area contributed by atoms with Crippen molar-refractivity contribution >= 4 is 16.6 Å². The Morgan fingerprint density at radius 2 is 2.25 bits per heavy atom. The van der Waals surface area contributed by atoms with Gasteiger partial charge in [-0.1, -0.05) is 6.92 Å². The molecule has 1 aliphatic rings. The number of halogens is 1. The topological polar surface area (TPSA) is 37.0 Å². The Hall–Kier alpha value is -1.68. The zero-order valence-electron chi connectivity index (χ0n) is 11.9. The predicted molar refractivity (Wildman–Crippen MR) is 80.5 cm³/mol. The van der Waals surface area contributed by atoms with Gasteiger partial charge in [-0.3, -0.25) is 4.98 Å². The van der Waals surface area contributed by atoms with E-state index in [2.05, 4.69) is 22.5 Å². The summed E-state index contributed by atoms with van der Waals surface area (Å²) < 4.78 is 14.3. The van der Waals surface area contributed by atoms with Crippen molar-refractivity contribution in [2.45, 2.75) is 26.3 Å². The molecule has 4 heteroatoms. The van der Waals surface area contributed by atoms with E-state index >= 15 is 0 Å². The number of nitrogens with one attached hydrogen (secondary N) is 2. The van der Waals surface area contributed by atoms with E-state index in [1.165, 1.54) is 0 Å². The van der Waals surface area contributed by atoms with Gasteiger partial charge in [0, 0.05) is 24.2 Å². The van der Waals surface area contributed by atoms with E-state index in [4.69, 9.17) is 0 Å². The molecule has 3 rings (SSSR count). The molecule has 0 radical (unpaired) electrons. The highest BCUT2D eigenvalue weighted by atomic mass is 19.1. The second-order valence-corrected chi connectivity index (χ2v) is 5.79. The summed E-state index contributed by atoms with van der Waals surface area (Å²) in [6, 6.07) is 5.62. The molecule has 2 N–H and O–H groups in total. The lowest BCUT2D eigenvalue weighted by atomic mass is 9.97. The summed E-state index contributed by atoms with van der Waals surface area (Å²) >= 11 is 0. The molecule has 0 saturated carbocycles. The summed E-state index contributed by atoms with van der Waals surface area (Å²) in [7, 11) is 0. The molecule has 1 aliphatic heterocycles. The number of nitrogens with zero attached hydrogens (tertiary/aromatic N) is 1. The Labute approximate surface area is 118 Å². The maximum absolute atomic E-state index is 14.3. The number of piperidine rings is 1. The van der Waals surface area contributed by atoms with E-state index in [-0.39, 0.29) is 11.9 Å². The van der Waals surface area contributed by atoms with Crippen LogP contribution in [0.2, 0.25) is 0 Å². The van der Waals surface area contributed by atoms with E-state index < -0.39 is 0 Å². The lowest BCUT2D eigenvalue weighted by Gasteiger charge is -2.29. The summed E-state index contributed by atoms with van der Waals surface area (Å²) in [6.45, 7) is 6.02. The van der Waals surface area contributed by atoms with Gasteiger partial charge in [0.2, 0.25) is 0 Å². The molecule has 20 heavy (non-hydrogen) atoms. The number of aryl methyl sites for hydroxylation is 1. The summed E-state index contributed by atoms with van der Waals surface area (Å²) in [6.07, 6.45) is 2.81. The Morgan fingerprint density at radius 1 is 1.40 bits per heavy atom. The van der Waals surface area contributed by atoms with Crippen LogP contribution in [0.3, 0.4) is 0 Å². The normalized spacial score (nSPS) is 22.9. The molecule has 0 spiro atoms. The number of aromatic nitrogens is 1. The first-order chi connectivity index (χ1) is 9.65. The van der Waals surface area contributed by atoms with Crippen LogP contribution in [-0.4, -0.2) is 24.1 Å². The number of benzene rings is 1. The fourth-order valence-electron chi connectivity index (χ4n) is 3.00. The maximum atomic E-state index is 14.3. The van der Waals surface area contributed by atoms with Crippen LogP contribution in [0.1, 0.15) is 18.9 Å². The molecule has 1 aromatic heterocycles. The van der Waals surface area contributed by atoms with Crippen molar-refractivity contribution in [2.24, 2.45) is 5.92 Å². The monoisotopic (exact) mass is 273 g/mol. The molecular formula is C16H20FN3. The summed E-state index contributed by atoms with van der Waals surface area (Å²) in [5.74, 6) is 0.417. The minimum absolute atomic E-state index is 0.193. The number of hydrogen-bond donors (Lipinski definition) is 2. The van der Waals surface area contributed by atoms with Crippen LogP contribution in [0.25, 0.3) is 10.9 Å². The third kappa shape index (κ3) is 2.48. The van der Waals surface area contributed by atoms with Crippen molar-refractivity contribution in [1.29, 1.82) is 0 Å². The summed E-state index contributed by atoms with van der Waals surface area (Å²) in [5, 5.41) is 7.62. The van der Waals surface area contributed by atoms with Crippen LogP contribution in [0.5, 0.6) is 0 Å². The van der Waals surface area contributed by atoms with Gasteiger partial charge in [0.25, 0.3) is 0 Å². The van der Waals surface area contributed by atoms with Crippen LogP contribution >= 0.6 is 0 Å². The van der Waals surface area contributed by atoms with E-state index in [9.17, 15) is 4.39 Å². The number of anilines is 1. The van der Waals surface area contributed by atoms with Crippen molar-refractivity contribution in [3.63, 3.8) is 0 Å². The van der Waals surface area contributed by atoms with Crippen molar-refractivity contribution < 1.29 is 4.39 Å². The second kappa shape index (κ2) is 5.37. The number of rotatable bonds is 2. The fraction of sp³-hybridized carbons (Fsp3) is 0.438. The molecule has 1 saturated heterocycles. The maximum Gasteiger partial charge on any atom is 0.147 e. The van der Waals surface area contributed by atoms with E-state index in [0.717, 1.165) is 36.0 Å². The Balaban J connectivity index is 1.98. The van der Waals surface area contributed by atoms with E-state index in [0.29, 0.717) is 11.6 Å². The average Bonchev–Trinajstić information content (AvgIpc) is 2.43. The first-order valence-electron chi connectivity index (χ1n) is 7.16. The highest BCUT2D eigenvalue weighted by Crippen LogP contribution is 2.29.